The molecular formula is C20H26O5. The number of hydrogen-bond acceptors (Lipinski definition) is 4. The Hall–Kier alpha value is -2.30. The Labute approximate surface area is 148 Å². The van der Waals surface area contributed by atoms with E-state index >= 15 is 0 Å². The number of aliphatic carboxylic acids is 1. The van der Waals surface area contributed by atoms with Crippen LogP contribution in [0.15, 0.2) is 42.5 Å². The fourth-order valence-electron chi connectivity index (χ4n) is 3.55. The molecule has 2 rings (SSSR count). The van der Waals surface area contributed by atoms with Gasteiger partial charge in [-0.3, -0.25) is 4.79 Å². The minimum atomic E-state index is -1.38. The van der Waals surface area contributed by atoms with Crippen LogP contribution in [0.3, 0.4) is 0 Å². The van der Waals surface area contributed by atoms with Crippen LogP contribution >= 0.6 is 0 Å². The van der Waals surface area contributed by atoms with Crippen LogP contribution in [0.25, 0.3) is 0 Å². The molecule has 0 heterocycles. The highest BCUT2D eigenvalue weighted by Crippen LogP contribution is 2.72. The molecule has 1 aliphatic carbocycles. The number of esters is 1. The van der Waals surface area contributed by atoms with E-state index < -0.39 is 28.4 Å². The molecule has 5 heteroatoms. The summed E-state index contributed by atoms with van der Waals surface area (Å²) in [5, 5.41) is 9.90. The Morgan fingerprint density at radius 3 is 2.24 bits per heavy atom. The maximum absolute atomic E-state index is 12.4. The third kappa shape index (κ3) is 3.28. The third-order valence-corrected chi connectivity index (χ3v) is 4.95. The van der Waals surface area contributed by atoms with Crippen molar-refractivity contribution < 1.29 is 24.2 Å². The highest BCUT2D eigenvalue weighted by atomic mass is 16.6. The summed E-state index contributed by atoms with van der Waals surface area (Å²) >= 11 is 0. The van der Waals surface area contributed by atoms with E-state index in [9.17, 15) is 14.7 Å². The number of hydrogen-bond donors (Lipinski definition) is 1. The Kier molecular flexibility index (Phi) is 4.73. The lowest BCUT2D eigenvalue weighted by Crippen LogP contribution is -2.33. The first kappa shape index (κ1) is 19.0. The minimum Gasteiger partial charge on any atom is -0.493 e. The highest BCUT2D eigenvalue weighted by Gasteiger charge is 2.78. The average molecular weight is 346 g/mol. The van der Waals surface area contributed by atoms with Crippen LogP contribution < -0.4 is 4.74 Å². The van der Waals surface area contributed by atoms with E-state index in [4.69, 9.17) is 9.47 Å². The van der Waals surface area contributed by atoms with Crippen LogP contribution in [0.5, 0.6) is 5.75 Å². The summed E-state index contributed by atoms with van der Waals surface area (Å²) in [5.74, 6) is -1.47. The van der Waals surface area contributed by atoms with Crippen LogP contribution in [-0.4, -0.2) is 29.3 Å². The lowest BCUT2D eigenvalue weighted by atomic mass is 9.88. The van der Waals surface area contributed by atoms with E-state index in [0.29, 0.717) is 5.75 Å². The van der Waals surface area contributed by atoms with Crippen LogP contribution in [-0.2, 0) is 14.3 Å². The zero-order valence-corrected chi connectivity index (χ0v) is 15.5. The Balaban J connectivity index is 2.22. The van der Waals surface area contributed by atoms with Crippen molar-refractivity contribution in [3.63, 3.8) is 0 Å². The highest BCUT2D eigenvalue weighted by molar-refractivity contribution is 6.00. The fraction of sp³-hybridized carbons (Fsp3) is 0.500. The molecule has 136 valence electrons. The summed E-state index contributed by atoms with van der Waals surface area (Å²) in [6.07, 6.45) is 0. The van der Waals surface area contributed by atoms with E-state index in [1.807, 2.05) is 32.0 Å². The Bertz CT molecular complexity index is 684. The standard InChI is InChI=1S/C20H26O5/c1-13(16(21)25-18(2,3)4)20(17(22)23)15(19(20,5)6)12-24-14-10-8-7-9-11-14/h7-11,15H,1,12H2,2-6H3,(H,22,23). The molecule has 0 radical (unpaired) electrons. The van der Waals surface area contributed by atoms with Crippen molar-refractivity contribution in [1.82, 2.24) is 0 Å². The molecular weight excluding hydrogens is 320 g/mol. The van der Waals surface area contributed by atoms with Gasteiger partial charge in [-0.15, -0.1) is 0 Å². The lowest BCUT2D eigenvalue weighted by Gasteiger charge is -2.24. The summed E-state index contributed by atoms with van der Waals surface area (Å²) < 4.78 is 11.1. The molecule has 2 atom stereocenters. The summed E-state index contributed by atoms with van der Waals surface area (Å²) in [6.45, 7) is 12.8. The summed E-state index contributed by atoms with van der Waals surface area (Å²) in [4.78, 5) is 24.5. The van der Waals surface area contributed by atoms with Gasteiger partial charge in [-0.25, -0.2) is 4.79 Å². The van der Waals surface area contributed by atoms with E-state index in [2.05, 4.69) is 6.58 Å². The van der Waals surface area contributed by atoms with Gasteiger partial charge in [0.1, 0.15) is 16.8 Å². The maximum Gasteiger partial charge on any atom is 0.335 e. The molecule has 1 aliphatic rings. The first-order valence-corrected chi connectivity index (χ1v) is 8.28. The fourth-order valence-corrected chi connectivity index (χ4v) is 3.55. The van der Waals surface area contributed by atoms with Gasteiger partial charge in [0, 0.05) is 11.5 Å². The van der Waals surface area contributed by atoms with Gasteiger partial charge in [-0.05, 0) is 38.3 Å². The predicted octanol–water partition coefficient (Wildman–Crippen LogP) is 3.69. The van der Waals surface area contributed by atoms with Crippen molar-refractivity contribution in [3.8, 4) is 5.75 Å². The number of carbonyl (C=O) groups excluding carboxylic acids is 1. The molecule has 0 aliphatic heterocycles. The number of carboxylic acid groups (broad SMARTS) is 1. The molecule has 1 N–H and O–H groups in total. The first-order chi connectivity index (χ1) is 11.4. The largest absolute Gasteiger partial charge is 0.493 e. The van der Waals surface area contributed by atoms with Crippen molar-refractivity contribution in [2.75, 3.05) is 6.61 Å². The normalized spacial score (nSPS) is 24.3. The predicted molar refractivity (Wildman–Crippen MR) is 94.3 cm³/mol. The Morgan fingerprint density at radius 1 is 1.20 bits per heavy atom. The van der Waals surface area contributed by atoms with Crippen LogP contribution in [0.4, 0.5) is 0 Å². The summed E-state index contributed by atoms with van der Waals surface area (Å²) in [5.41, 5.74) is -2.79. The van der Waals surface area contributed by atoms with Crippen LogP contribution in [0.2, 0.25) is 0 Å². The molecule has 25 heavy (non-hydrogen) atoms. The van der Waals surface area contributed by atoms with E-state index in [1.165, 1.54) is 0 Å². The molecule has 1 saturated carbocycles. The third-order valence-electron chi connectivity index (χ3n) is 4.95. The zero-order valence-electron chi connectivity index (χ0n) is 15.5. The van der Waals surface area contributed by atoms with Gasteiger partial charge in [0.2, 0.25) is 0 Å². The molecule has 2 unspecified atom stereocenters. The minimum absolute atomic E-state index is 0.0263. The second-order valence-corrected chi connectivity index (χ2v) is 7.99. The molecule has 0 amide bonds. The van der Waals surface area contributed by atoms with Crippen molar-refractivity contribution >= 4 is 11.9 Å². The van der Waals surface area contributed by atoms with Crippen molar-refractivity contribution in [2.45, 2.75) is 40.2 Å². The molecule has 1 aromatic carbocycles. The SMILES string of the molecule is C=C(C(=O)OC(C)(C)C)C1(C(=O)O)C(COc2ccccc2)C1(C)C. The number of benzene rings is 1. The van der Waals surface area contributed by atoms with Gasteiger partial charge in [0.25, 0.3) is 0 Å². The number of ether oxygens (including phenoxy) is 2. The van der Waals surface area contributed by atoms with E-state index in [0.717, 1.165) is 0 Å². The number of carbonyl (C=O) groups is 2. The molecule has 1 fully saturated rings. The van der Waals surface area contributed by atoms with Gasteiger partial charge < -0.3 is 14.6 Å². The number of carboxylic acids is 1. The second kappa shape index (κ2) is 6.21. The molecule has 5 nitrogen and oxygen atoms in total. The number of para-hydroxylation sites is 1. The van der Waals surface area contributed by atoms with Crippen LogP contribution in [0.1, 0.15) is 34.6 Å². The molecule has 0 aromatic heterocycles. The van der Waals surface area contributed by atoms with Crippen molar-refractivity contribution in [3.05, 3.63) is 42.5 Å². The average Bonchev–Trinajstić information content (AvgIpc) is 3.00. The topological polar surface area (TPSA) is 72.8 Å². The quantitative estimate of drug-likeness (QED) is 0.628. The van der Waals surface area contributed by atoms with Gasteiger partial charge in [0.05, 0.1) is 6.61 Å². The Morgan fingerprint density at radius 2 is 1.76 bits per heavy atom. The van der Waals surface area contributed by atoms with Gasteiger partial charge in [0.15, 0.2) is 0 Å². The molecule has 1 aromatic rings. The zero-order chi connectivity index (χ0) is 19.0. The summed E-state index contributed by atoms with van der Waals surface area (Å²) in [6, 6.07) is 9.18. The molecule has 0 bridgehead atoms. The smallest absolute Gasteiger partial charge is 0.335 e. The number of rotatable bonds is 6. The van der Waals surface area contributed by atoms with Gasteiger partial charge >= 0.3 is 11.9 Å². The first-order valence-electron chi connectivity index (χ1n) is 8.28. The maximum atomic E-state index is 12.4. The van der Waals surface area contributed by atoms with Crippen molar-refractivity contribution in [1.29, 1.82) is 0 Å². The summed E-state index contributed by atoms with van der Waals surface area (Å²) in [7, 11) is 0. The molecule has 0 saturated heterocycles. The van der Waals surface area contributed by atoms with Gasteiger partial charge in [-0.2, -0.15) is 0 Å². The molecule has 0 spiro atoms. The van der Waals surface area contributed by atoms with Crippen molar-refractivity contribution in [2.24, 2.45) is 16.7 Å². The van der Waals surface area contributed by atoms with Gasteiger partial charge in [-0.1, -0.05) is 38.6 Å². The monoisotopic (exact) mass is 346 g/mol. The van der Waals surface area contributed by atoms with E-state index in [-0.39, 0.29) is 18.1 Å². The lowest BCUT2D eigenvalue weighted by molar-refractivity contribution is -0.155. The second-order valence-electron chi connectivity index (χ2n) is 7.99. The van der Waals surface area contributed by atoms with E-state index in [1.54, 1.807) is 32.9 Å². The van der Waals surface area contributed by atoms with Crippen LogP contribution in [0, 0.1) is 16.7 Å².